The van der Waals surface area contributed by atoms with Crippen molar-refractivity contribution in [2.24, 2.45) is 4.99 Å². The molecule has 0 unspecified atom stereocenters. The Kier molecular flexibility index (Phi) is 8.01. The molecule has 0 aliphatic carbocycles. The zero-order valence-corrected chi connectivity index (χ0v) is 19.4. The van der Waals surface area contributed by atoms with Gasteiger partial charge < -0.3 is 19.9 Å². The van der Waals surface area contributed by atoms with Crippen LogP contribution in [0.2, 0.25) is 0 Å². The van der Waals surface area contributed by atoms with E-state index >= 15 is 0 Å². The number of aliphatic hydroxyl groups excluding tert-OH is 1. The van der Waals surface area contributed by atoms with Crippen molar-refractivity contribution >= 4 is 27.7 Å². The van der Waals surface area contributed by atoms with Crippen LogP contribution < -0.4 is 10.1 Å². The summed E-state index contributed by atoms with van der Waals surface area (Å²) >= 11 is 3.43. The van der Waals surface area contributed by atoms with Crippen molar-refractivity contribution in [2.75, 3.05) is 19.8 Å². The topological polar surface area (TPSA) is 80.2 Å². The molecule has 3 rings (SSSR count). The van der Waals surface area contributed by atoms with Gasteiger partial charge >= 0.3 is 6.18 Å². The first-order chi connectivity index (χ1) is 15.6. The van der Waals surface area contributed by atoms with Crippen LogP contribution in [0, 0.1) is 0 Å². The van der Waals surface area contributed by atoms with Crippen LogP contribution in [0.4, 0.5) is 13.2 Å². The first-order valence-corrected chi connectivity index (χ1v) is 11.1. The molecule has 2 aromatic rings. The number of aliphatic hydroxyl groups is 1. The number of aliphatic imine (C=N–C) groups is 1. The summed E-state index contributed by atoms with van der Waals surface area (Å²) in [7, 11) is 0. The number of nitrogens with one attached hydrogen (secondary N) is 1. The van der Waals surface area contributed by atoms with Gasteiger partial charge in [-0.15, -0.1) is 0 Å². The van der Waals surface area contributed by atoms with Crippen molar-refractivity contribution in [3.8, 4) is 5.75 Å². The summed E-state index contributed by atoms with van der Waals surface area (Å²) in [5, 5.41) is 10.8. The molecule has 1 aliphatic heterocycles. The van der Waals surface area contributed by atoms with Gasteiger partial charge in [0.2, 0.25) is 5.90 Å². The lowest BCUT2D eigenvalue weighted by atomic mass is 9.86. The molecule has 0 saturated carbocycles. The van der Waals surface area contributed by atoms with Crippen LogP contribution in [0.15, 0.2) is 58.0 Å². The van der Waals surface area contributed by atoms with E-state index in [-0.39, 0.29) is 18.9 Å². The average Bonchev–Trinajstić information content (AvgIpc) is 3.11. The Bertz CT molecular complexity index is 998. The Labute approximate surface area is 197 Å². The molecule has 0 bridgehead atoms. The van der Waals surface area contributed by atoms with Gasteiger partial charge in [-0.25, -0.2) is 4.99 Å². The standard InChI is InChI=1S/C23H24BrF3N2O4/c1-15-22(21(31)28-14-23(25,26)27,13-17-5-2-3-6-19(17)24)29-20(33-15)16-7-9-18(10-8-16)32-12-4-11-30/h2-3,5-10,15,30H,4,11-14H2,1H3,(H,28,31)/t15-,22-/m1/s1. The molecule has 0 fully saturated rings. The first kappa shape index (κ1) is 25.0. The summed E-state index contributed by atoms with van der Waals surface area (Å²) in [6.45, 7) is 0.545. The molecule has 6 nitrogen and oxygen atoms in total. The summed E-state index contributed by atoms with van der Waals surface area (Å²) in [4.78, 5) is 17.6. The molecular formula is C23H24BrF3N2O4. The van der Waals surface area contributed by atoms with Crippen LogP contribution in [0.25, 0.3) is 0 Å². The van der Waals surface area contributed by atoms with Gasteiger partial charge in [-0.05, 0) is 42.8 Å². The Hall–Kier alpha value is -2.59. The van der Waals surface area contributed by atoms with Gasteiger partial charge in [0, 0.05) is 29.5 Å². The summed E-state index contributed by atoms with van der Waals surface area (Å²) in [5.41, 5.74) is -0.303. The third-order valence-electron chi connectivity index (χ3n) is 5.19. The van der Waals surface area contributed by atoms with E-state index in [4.69, 9.17) is 14.6 Å². The molecule has 1 heterocycles. The van der Waals surface area contributed by atoms with Crippen LogP contribution in [-0.2, 0) is 16.0 Å². The summed E-state index contributed by atoms with van der Waals surface area (Å²) < 4.78 is 50.5. The molecule has 0 saturated heterocycles. The van der Waals surface area contributed by atoms with Gasteiger partial charge in [0.25, 0.3) is 5.91 Å². The highest BCUT2D eigenvalue weighted by Gasteiger charge is 2.51. The highest BCUT2D eigenvalue weighted by Crippen LogP contribution is 2.34. The molecule has 1 amide bonds. The number of carbonyl (C=O) groups is 1. The molecule has 0 aromatic heterocycles. The molecule has 2 N–H and O–H groups in total. The van der Waals surface area contributed by atoms with E-state index in [2.05, 4.69) is 20.9 Å². The van der Waals surface area contributed by atoms with Crippen molar-refractivity contribution < 1.29 is 32.5 Å². The molecule has 0 radical (unpaired) electrons. The predicted octanol–water partition coefficient (Wildman–Crippen LogP) is 4.04. The normalized spacial score (nSPS) is 20.2. The fourth-order valence-corrected chi connectivity index (χ4v) is 3.83. The lowest BCUT2D eigenvalue weighted by molar-refractivity contribution is -0.143. The van der Waals surface area contributed by atoms with E-state index < -0.39 is 30.3 Å². The van der Waals surface area contributed by atoms with Gasteiger partial charge in [-0.3, -0.25) is 4.79 Å². The molecule has 2 aromatic carbocycles. The van der Waals surface area contributed by atoms with Crippen molar-refractivity contribution in [1.29, 1.82) is 0 Å². The number of benzene rings is 2. The zero-order chi connectivity index (χ0) is 24.1. The lowest BCUT2D eigenvalue weighted by Crippen LogP contribution is -2.54. The maximum absolute atomic E-state index is 13.1. The average molecular weight is 529 g/mol. The molecule has 0 spiro atoms. The number of alkyl halides is 3. The third-order valence-corrected chi connectivity index (χ3v) is 5.97. The lowest BCUT2D eigenvalue weighted by Gasteiger charge is -2.28. The first-order valence-electron chi connectivity index (χ1n) is 10.3. The van der Waals surface area contributed by atoms with Gasteiger partial charge in [0.05, 0.1) is 6.61 Å². The Morgan fingerprint density at radius 2 is 1.94 bits per heavy atom. The number of rotatable bonds is 9. The monoisotopic (exact) mass is 528 g/mol. The van der Waals surface area contributed by atoms with Crippen molar-refractivity contribution in [3.63, 3.8) is 0 Å². The van der Waals surface area contributed by atoms with E-state index in [1.165, 1.54) is 0 Å². The van der Waals surface area contributed by atoms with E-state index in [1.54, 1.807) is 55.5 Å². The second-order valence-corrected chi connectivity index (χ2v) is 8.47. The maximum atomic E-state index is 13.1. The van der Waals surface area contributed by atoms with Crippen LogP contribution in [0.1, 0.15) is 24.5 Å². The molecule has 10 heteroatoms. The Morgan fingerprint density at radius 1 is 1.24 bits per heavy atom. The van der Waals surface area contributed by atoms with Crippen LogP contribution in [-0.4, -0.2) is 54.5 Å². The van der Waals surface area contributed by atoms with E-state index in [9.17, 15) is 18.0 Å². The molecule has 1 aliphatic rings. The third kappa shape index (κ3) is 6.26. The predicted molar refractivity (Wildman–Crippen MR) is 120 cm³/mol. The molecule has 2 atom stereocenters. The number of amides is 1. The molecular weight excluding hydrogens is 505 g/mol. The highest BCUT2D eigenvalue weighted by atomic mass is 79.9. The number of hydrogen-bond donors (Lipinski definition) is 2. The molecule has 178 valence electrons. The van der Waals surface area contributed by atoms with Crippen LogP contribution >= 0.6 is 15.9 Å². The number of halogens is 4. The van der Waals surface area contributed by atoms with Gasteiger partial charge in [-0.2, -0.15) is 13.2 Å². The Balaban J connectivity index is 1.91. The highest BCUT2D eigenvalue weighted by molar-refractivity contribution is 9.10. The van der Waals surface area contributed by atoms with Crippen LogP contribution in [0.3, 0.4) is 0 Å². The minimum Gasteiger partial charge on any atom is -0.494 e. The SMILES string of the molecule is C[C@H]1OC(c2ccc(OCCCO)cc2)=N[C@@]1(Cc1ccccc1Br)C(=O)NCC(F)(F)F. The van der Waals surface area contributed by atoms with E-state index in [0.717, 1.165) is 0 Å². The smallest absolute Gasteiger partial charge is 0.405 e. The van der Waals surface area contributed by atoms with Gasteiger partial charge in [0.15, 0.2) is 5.54 Å². The van der Waals surface area contributed by atoms with Gasteiger partial charge in [0.1, 0.15) is 18.4 Å². The van der Waals surface area contributed by atoms with E-state index in [0.29, 0.717) is 34.4 Å². The zero-order valence-electron chi connectivity index (χ0n) is 17.9. The maximum Gasteiger partial charge on any atom is 0.405 e. The summed E-state index contributed by atoms with van der Waals surface area (Å²) in [6.07, 6.45) is -4.82. The minimum atomic E-state index is -4.55. The number of carbonyl (C=O) groups excluding carboxylic acids is 1. The van der Waals surface area contributed by atoms with Gasteiger partial charge in [-0.1, -0.05) is 34.1 Å². The largest absolute Gasteiger partial charge is 0.494 e. The van der Waals surface area contributed by atoms with Crippen molar-refractivity contribution in [1.82, 2.24) is 5.32 Å². The number of ether oxygens (including phenoxy) is 2. The number of nitrogens with zero attached hydrogens (tertiary/aromatic N) is 1. The second-order valence-electron chi connectivity index (χ2n) is 7.62. The summed E-state index contributed by atoms with van der Waals surface area (Å²) in [6, 6.07) is 13.9. The minimum absolute atomic E-state index is 0.0244. The Morgan fingerprint density at radius 3 is 2.58 bits per heavy atom. The fourth-order valence-electron chi connectivity index (χ4n) is 3.41. The second kappa shape index (κ2) is 10.6. The quantitative estimate of drug-likeness (QED) is 0.481. The van der Waals surface area contributed by atoms with E-state index in [1.807, 2.05) is 5.32 Å². The molecule has 33 heavy (non-hydrogen) atoms. The van der Waals surface area contributed by atoms with Crippen molar-refractivity contribution in [2.45, 2.75) is 37.6 Å². The van der Waals surface area contributed by atoms with Crippen LogP contribution in [0.5, 0.6) is 5.75 Å². The summed E-state index contributed by atoms with van der Waals surface area (Å²) in [5.74, 6) is -0.109. The van der Waals surface area contributed by atoms with Crippen molar-refractivity contribution in [3.05, 3.63) is 64.1 Å². The fraction of sp³-hybridized carbons (Fsp3) is 0.391. The number of hydrogen-bond acceptors (Lipinski definition) is 5.